The molecule has 7 heteroatoms. The molecule has 0 unspecified atom stereocenters. The molecule has 0 fully saturated rings. The summed E-state index contributed by atoms with van der Waals surface area (Å²) in [5.74, 6) is 0. The molecule has 0 radical (unpaired) electrons. The van der Waals surface area contributed by atoms with Gasteiger partial charge in [0, 0.05) is 10.6 Å². The fourth-order valence-corrected chi connectivity index (χ4v) is 2.30. The van der Waals surface area contributed by atoms with Crippen LogP contribution in [-0.2, 0) is 10.0 Å². The molecule has 3 nitrogen and oxygen atoms in total. The smallest absolute Gasteiger partial charge is 0.229 e. The van der Waals surface area contributed by atoms with Crippen molar-refractivity contribution in [1.29, 1.82) is 0 Å². The number of sulfonamides is 1. The fraction of sp³-hybridized carbons (Fsp3) is 0.111. The first-order chi connectivity index (χ1) is 7.28. The predicted octanol–water partition coefficient (Wildman–Crippen LogP) is 3.80. The Morgan fingerprint density at radius 2 is 2.06 bits per heavy atom. The van der Waals surface area contributed by atoms with E-state index in [1.54, 1.807) is 24.3 Å². The second-order valence-corrected chi connectivity index (χ2v) is 8.00. The third kappa shape index (κ3) is 4.86. The summed E-state index contributed by atoms with van der Waals surface area (Å²) >= 11 is 12.2. The molecule has 1 rings (SSSR count). The quantitative estimate of drug-likeness (QED) is 0.855. The van der Waals surface area contributed by atoms with Crippen molar-refractivity contribution in [2.24, 2.45) is 0 Å². The molecular formula is C9H8Br2ClNO2S. The molecule has 88 valence electrons. The molecule has 1 aromatic carbocycles. The maximum Gasteiger partial charge on any atom is 0.229 e. The second kappa shape index (κ2) is 5.53. The average molecular weight is 389 g/mol. The summed E-state index contributed by atoms with van der Waals surface area (Å²) in [6.45, 7) is 0. The van der Waals surface area contributed by atoms with Crippen LogP contribution in [0.25, 0.3) is 6.08 Å². The van der Waals surface area contributed by atoms with Crippen molar-refractivity contribution in [3.63, 3.8) is 0 Å². The summed E-state index contributed by atoms with van der Waals surface area (Å²) < 4.78 is 25.4. The molecular weight excluding hydrogens is 381 g/mol. The van der Waals surface area contributed by atoms with Gasteiger partial charge in [-0.15, -0.1) is 0 Å². The van der Waals surface area contributed by atoms with Crippen molar-refractivity contribution in [2.45, 2.75) is 0 Å². The maximum atomic E-state index is 11.2. The van der Waals surface area contributed by atoms with Crippen LogP contribution in [0.5, 0.6) is 0 Å². The topological polar surface area (TPSA) is 46.2 Å². The summed E-state index contributed by atoms with van der Waals surface area (Å²) in [5.41, 5.74) is 1.14. The Balaban J connectivity index is 3.24. The number of anilines is 1. The van der Waals surface area contributed by atoms with Crippen LogP contribution in [-0.4, -0.2) is 14.7 Å². The van der Waals surface area contributed by atoms with E-state index in [2.05, 4.69) is 36.6 Å². The van der Waals surface area contributed by atoms with Crippen LogP contribution < -0.4 is 4.72 Å². The number of rotatable bonds is 3. The van der Waals surface area contributed by atoms with E-state index < -0.39 is 10.0 Å². The van der Waals surface area contributed by atoms with Gasteiger partial charge in [-0.1, -0.05) is 17.7 Å². The van der Waals surface area contributed by atoms with Crippen LogP contribution in [0.4, 0.5) is 5.69 Å². The lowest BCUT2D eigenvalue weighted by Crippen LogP contribution is -2.10. The molecule has 0 aliphatic rings. The third-order valence-electron chi connectivity index (χ3n) is 1.58. The van der Waals surface area contributed by atoms with Crippen LogP contribution in [0.3, 0.4) is 0 Å². The van der Waals surface area contributed by atoms with Crippen molar-refractivity contribution in [2.75, 3.05) is 11.0 Å². The summed E-state index contributed by atoms with van der Waals surface area (Å²) in [7, 11) is -3.32. The van der Waals surface area contributed by atoms with Gasteiger partial charge in [-0.25, -0.2) is 8.42 Å². The van der Waals surface area contributed by atoms with E-state index in [-0.39, 0.29) is 0 Å². The van der Waals surface area contributed by atoms with Crippen molar-refractivity contribution in [3.05, 3.63) is 32.2 Å². The van der Waals surface area contributed by atoms with Gasteiger partial charge in [0.1, 0.15) is 0 Å². The maximum absolute atomic E-state index is 11.2. The lowest BCUT2D eigenvalue weighted by molar-refractivity contribution is 0.607. The summed E-state index contributed by atoms with van der Waals surface area (Å²) in [4.78, 5) is 0. The minimum atomic E-state index is -3.32. The van der Waals surface area contributed by atoms with Gasteiger partial charge >= 0.3 is 0 Å². The average Bonchev–Trinajstić information content (AvgIpc) is 2.06. The van der Waals surface area contributed by atoms with Gasteiger partial charge in [0.15, 0.2) is 0 Å². The van der Waals surface area contributed by atoms with Crippen molar-refractivity contribution in [3.8, 4) is 0 Å². The highest BCUT2D eigenvalue weighted by Crippen LogP contribution is 2.27. The van der Waals surface area contributed by atoms with Gasteiger partial charge in [-0.05, 0) is 50.1 Å². The van der Waals surface area contributed by atoms with Crippen LogP contribution in [0.1, 0.15) is 5.56 Å². The highest BCUT2D eigenvalue weighted by Gasteiger charge is 2.07. The molecule has 0 saturated carbocycles. The van der Waals surface area contributed by atoms with E-state index in [0.717, 1.165) is 6.26 Å². The molecule has 0 atom stereocenters. The minimum absolute atomic E-state index is 0.436. The Kier molecular flexibility index (Phi) is 4.85. The van der Waals surface area contributed by atoms with Gasteiger partial charge in [0.05, 0.1) is 15.3 Å². The Morgan fingerprint density at radius 3 is 2.56 bits per heavy atom. The summed E-state index contributed by atoms with van der Waals surface area (Å²) in [6.07, 6.45) is 2.81. The second-order valence-electron chi connectivity index (χ2n) is 3.04. The number of hydrogen-bond donors (Lipinski definition) is 1. The lowest BCUT2D eigenvalue weighted by Gasteiger charge is -2.08. The largest absolute Gasteiger partial charge is 0.283 e. The molecule has 0 heterocycles. The van der Waals surface area contributed by atoms with Gasteiger partial charge in [-0.3, -0.25) is 4.72 Å². The number of nitrogens with one attached hydrogen (secondary N) is 1. The zero-order valence-corrected chi connectivity index (χ0v) is 12.9. The number of halogens is 3. The normalized spacial score (nSPS) is 11.0. The Hall–Kier alpha value is -0.0400. The zero-order chi connectivity index (χ0) is 12.3. The standard InChI is InChI=1S/C9H8Br2ClNO2S/c1-16(14,15)13-8-5-7(12)3-2-6(8)4-9(10)11/h2-5,13H,1H3. The van der Waals surface area contributed by atoms with Gasteiger partial charge in [0.25, 0.3) is 0 Å². The van der Waals surface area contributed by atoms with Crippen molar-refractivity contribution >= 4 is 65.2 Å². The van der Waals surface area contributed by atoms with Gasteiger partial charge in [-0.2, -0.15) is 0 Å². The lowest BCUT2D eigenvalue weighted by atomic mass is 10.2. The molecule has 16 heavy (non-hydrogen) atoms. The first-order valence-electron chi connectivity index (χ1n) is 4.08. The number of benzene rings is 1. The molecule has 0 saturated heterocycles. The molecule has 1 aromatic rings. The van der Waals surface area contributed by atoms with Gasteiger partial charge < -0.3 is 0 Å². The fourth-order valence-electron chi connectivity index (χ4n) is 1.06. The van der Waals surface area contributed by atoms with E-state index in [1.807, 2.05) is 0 Å². The zero-order valence-electron chi connectivity index (χ0n) is 8.17. The van der Waals surface area contributed by atoms with Gasteiger partial charge in [0.2, 0.25) is 10.0 Å². The molecule has 0 amide bonds. The van der Waals surface area contributed by atoms with Crippen molar-refractivity contribution < 1.29 is 8.42 Å². The monoisotopic (exact) mass is 387 g/mol. The van der Waals surface area contributed by atoms with E-state index >= 15 is 0 Å². The summed E-state index contributed by atoms with van der Waals surface area (Å²) in [5, 5.41) is 0.467. The first-order valence-corrected chi connectivity index (χ1v) is 7.93. The van der Waals surface area contributed by atoms with Crippen LogP contribution in [0.15, 0.2) is 21.6 Å². The molecule has 0 aliphatic carbocycles. The van der Waals surface area contributed by atoms with Crippen LogP contribution in [0.2, 0.25) is 5.02 Å². The highest BCUT2D eigenvalue weighted by atomic mass is 79.9. The predicted molar refractivity (Wildman–Crippen MR) is 75.7 cm³/mol. The van der Waals surface area contributed by atoms with Crippen molar-refractivity contribution in [1.82, 2.24) is 0 Å². The highest BCUT2D eigenvalue weighted by molar-refractivity contribution is 9.28. The van der Waals surface area contributed by atoms with E-state index in [1.165, 1.54) is 0 Å². The molecule has 1 N–H and O–H groups in total. The van der Waals surface area contributed by atoms with Crippen LogP contribution in [0, 0.1) is 0 Å². The first kappa shape index (κ1) is 14.0. The van der Waals surface area contributed by atoms with E-state index in [0.29, 0.717) is 19.7 Å². The molecule has 0 bridgehead atoms. The van der Waals surface area contributed by atoms with E-state index in [9.17, 15) is 8.42 Å². The minimum Gasteiger partial charge on any atom is -0.283 e. The van der Waals surface area contributed by atoms with Crippen LogP contribution >= 0.6 is 43.5 Å². The number of hydrogen-bond acceptors (Lipinski definition) is 2. The Bertz CT molecular complexity index is 524. The molecule has 0 aromatic heterocycles. The molecule has 0 spiro atoms. The Morgan fingerprint density at radius 1 is 1.44 bits per heavy atom. The Labute approximate surface area is 116 Å². The SMILES string of the molecule is CS(=O)(=O)Nc1cc(Cl)ccc1C=C(Br)Br. The molecule has 0 aliphatic heterocycles. The summed E-state index contributed by atoms with van der Waals surface area (Å²) in [6, 6.07) is 4.96. The van der Waals surface area contributed by atoms with E-state index in [4.69, 9.17) is 11.6 Å². The third-order valence-corrected chi connectivity index (χ3v) is 2.86.